The summed E-state index contributed by atoms with van der Waals surface area (Å²) in [5, 5.41) is 11.6. The number of anilines is 1. The zero-order valence-electron chi connectivity index (χ0n) is 12.4. The van der Waals surface area contributed by atoms with Crippen molar-refractivity contribution < 1.29 is 9.90 Å². The first-order valence-electron chi connectivity index (χ1n) is 7.19. The molecule has 0 aliphatic carbocycles. The summed E-state index contributed by atoms with van der Waals surface area (Å²) >= 11 is 0. The summed E-state index contributed by atoms with van der Waals surface area (Å²) in [4.78, 5) is 13.9. The van der Waals surface area contributed by atoms with Crippen LogP contribution in [0, 0.1) is 0 Å². The van der Waals surface area contributed by atoms with Gasteiger partial charge in [-0.25, -0.2) is 0 Å². The fourth-order valence-corrected chi connectivity index (χ4v) is 2.61. The van der Waals surface area contributed by atoms with Crippen molar-refractivity contribution in [2.24, 2.45) is 0 Å². The van der Waals surface area contributed by atoms with Crippen LogP contribution < -0.4 is 4.90 Å². The molecule has 0 aromatic heterocycles. The number of nitrogens with zero attached hydrogens (tertiary/aromatic N) is 1. The smallest absolute Gasteiger partial charge is 0.224 e. The number of aromatic hydroxyl groups is 1. The number of carbonyl (C=O) groups is 1. The minimum Gasteiger partial charge on any atom is -0.508 e. The van der Waals surface area contributed by atoms with Crippen LogP contribution in [0.15, 0.2) is 66.7 Å². The molecule has 0 heterocycles. The quantitative estimate of drug-likeness (QED) is 0.789. The fourth-order valence-electron chi connectivity index (χ4n) is 2.61. The Labute approximate surface area is 129 Å². The Kier molecular flexibility index (Phi) is 3.79. The molecule has 0 aliphatic heterocycles. The van der Waals surface area contributed by atoms with Gasteiger partial charge in [0.2, 0.25) is 5.91 Å². The third-order valence-electron chi connectivity index (χ3n) is 3.70. The zero-order chi connectivity index (χ0) is 15.5. The molecule has 3 aromatic carbocycles. The van der Waals surface area contributed by atoms with E-state index >= 15 is 0 Å². The Balaban J connectivity index is 2.09. The molecule has 1 amide bonds. The van der Waals surface area contributed by atoms with Crippen LogP contribution in [0.25, 0.3) is 10.8 Å². The van der Waals surface area contributed by atoms with Crippen molar-refractivity contribution in [1.29, 1.82) is 0 Å². The van der Waals surface area contributed by atoms with Crippen molar-refractivity contribution in [1.82, 2.24) is 0 Å². The molecule has 0 fully saturated rings. The van der Waals surface area contributed by atoms with Gasteiger partial charge in [-0.2, -0.15) is 0 Å². The zero-order valence-corrected chi connectivity index (χ0v) is 12.4. The first-order chi connectivity index (χ1) is 10.6. The van der Waals surface area contributed by atoms with Gasteiger partial charge in [0, 0.05) is 12.3 Å². The monoisotopic (exact) mass is 291 g/mol. The highest BCUT2D eigenvalue weighted by molar-refractivity contribution is 6.03. The molecule has 110 valence electrons. The molecule has 0 saturated heterocycles. The predicted molar refractivity (Wildman–Crippen MR) is 88.9 cm³/mol. The average Bonchev–Trinajstić information content (AvgIpc) is 2.53. The van der Waals surface area contributed by atoms with E-state index in [4.69, 9.17) is 0 Å². The highest BCUT2D eigenvalue weighted by Gasteiger charge is 2.15. The van der Waals surface area contributed by atoms with E-state index < -0.39 is 0 Å². The minimum absolute atomic E-state index is 0.0281. The Morgan fingerprint density at radius 3 is 2.50 bits per heavy atom. The van der Waals surface area contributed by atoms with Gasteiger partial charge in [-0.3, -0.25) is 4.79 Å². The van der Waals surface area contributed by atoms with Crippen LogP contribution in [0.2, 0.25) is 0 Å². The number of rotatable bonds is 3. The van der Waals surface area contributed by atoms with Crippen molar-refractivity contribution >= 4 is 22.4 Å². The second-order valence-corrected chi connectivity index (χ2v) is 5.27. The molecule has 0 saturated carbocycles. The highest BCUT2D eigenvalue weighted by Crippen LogP contribution is 2.30. The molecule has 3 heteroatoms. The lowest BCUT2D eigenvalue weighted by Gasteiger charge is -2.23. The number of phenols is 1. The van der Waals surface area contributed by atoms with Crippen molar-refractivity contribution in [2.45, 2.75) is 13.5 Å². The number of hydrogen-bond donors (Lipinski definition) is 1. The largest absolute Gasteiger partial charge is 0.508 e. The van der Waals surface area contributed by atoms with Gasteiger partial charge in [-0.1, -0.05) is 48.5 Å². The van der Waals surface area contributed by atoms with Gasteiger partial charge in [0.05, 0.1) is 12.2 Å². The van der Waals surface area contributed by atoms with Crippen molar-refractivity contribution in [2.75, 3.05) is 4.90 Å². The maximum absolute atomic E-state index is 12.1. The van der Waals surface area contributed by atoms with E-state index in [2.05, 4.69) is 0 Å². The van der Waals surface area contributed by atoms with Crippen LogP contribution in [0.3, 0.4) is 0 Å². The van der Waals surface area contributed by atoms with Gasteiger partial charge in [-0.05, 0) is 29.1 Å². The van der Waals surface area contributed by atoms with Gasteiger partial charge >= 0.3 is 0 Å². The normalized spacial score (nSPS) is 10.6. The van der Waals surface area contributed by atoms with Crippen LogP contribution in [-0.4, -0.2) is 11.0 Å². The number of phenolic OH excluding ortho intramolecular Hbond substituents is 1. The molecule has 0 radical (unpaired) electrons. The van der Waals surface area contributed by atoms with E-state index in [0.717, 1.165) is 22.0 Å². The first kappa shape index (κ1) is 14.1. The van der Waals surface area contributed by atoms with Crippen molar-refractivity contribution in [3.8, 4) is 5.75 Å². The van der Waals surface area contributed by atoms with Crippen LogP contribution in [0.1, 0.15) is 12.5 Å². The summed E-state index contributed by atoms with van der Waals surface area (Å²) in [6.07, 6.45) is 0. The lowest BCUT2D eigenvalue weighted by Crippen LogP contribution is -2.27. The molecule has 0 unspecified atom stereocenters. The Bertz CT molecular complexity index is 812. The van der Waals surface area contributed by atoms with E-state index in [-0.39, 0.29) is 11.7 Å². The van der Waals surface area contributed by atoms with Crippen LogP contribution in [-0.2, 0) is 11.3 Å². The Morgan fingerprint density at radius 1 is 1.00 bits per heavy atom. The van der Waals surface area contributed by atoms with Crippen LogP contribution in [0.4, 0.5) is 5.69 Å². The number of amides is 1. The van der Waals surface area contributed by atoms with Gasteiger partial charge < -0.3 is 10.0 Å². The maximum Gasteiger partial charge on any atom is 0.224 e. The summed E-state index contributed by atoms with van der Waals surface area (Å²) in [6, 6.07) is 20.9. The molecule has 3 aromatic rings. The summed E-state index contributed by atoms with van der Waals surface area (Å²) in [5.74, 6) is 0.169. The number of carbonyl (C=O) groups excluding carboxylic acids is 1. The molecular formula is C19H17NO2. The summed E-state index contributed by atoms with van der Waals surface area (Å²) < 4.78 is 0. The van der Waals surface area contributed by atoms with Crippen LogP contribution >= 0.6 is 0 Å². The minimum atomic E-state index is -0.0281. The molecule has 22 heavy (non-hydrogen) atoms. The third kappa shape index (κ3) is 2.79. The lowest BCUT2D eigenvalue weighted by atomic mass is 10.1. The van der Waals surface area contributed by atoms with E-state index in [0.29, 0.717) is 6.54 Å². The maximum atomic E-state index is 12.1. The second-order valence-electron chi connectivity index (χ2n) is 5.27. The second kappa shape index (κ2) is 5.90. The first-order valence-corrected chi connectivity index (χ1v) is 7.19. The van der Waals surface area contributed by atoms with Gasteiger partial charge in [0.1, 0.15) is 5.75 Å². The SMILES string of the molecule is CC(=O)N(Cc1ccccc1)c1cccc2ccc(O)cc12. The summed E-state index contributed by atoms with van der Waals surface area (Å²) in [5.41, 5.74) is 1.87. The average molecular weight is 291 g/mol. The Hall–Kier alpha value is -2.81. The molecule has 3 nitrogen and oxygen atoms in total. The lowest BCUT2D eigenvalue weighted by molar-refractivity contribution is -0.116. The number of hydrogen-bond acceptors (Lipinski definition) is 2. The Morgan fingerprint density at radius 2 is 1.77 bits per heavy atom. The molecule has 3 rings (SSSR count). The predicted octanol–water partition coefficient (Wildman–Crippen LogP) is 4.10. The van der Waals surface area contributed by atoms with Crippen LogP contribution in [0.5, 0.6) is 5.75 Å². The fraction of sp³-hybridized carbons (Fsp3) is 0.105. The van der Waals surface area contributed by atoms with Gasteiger partial charge in [-0.15, -0.1) is 0 Å². The number of fused-ring (bicyclic) bond motifs is 1. The molecule has 1 N–H and O–H groups in total. The van der Waals surface area contributed by atoms with E-state index in [1.54, 1.807) is 24.0 Å². The molecular weight excluding hydrogens is 274 g/mol. The van der Waals surface area contributed by atoms with Gasteiger partial charge in [0.15, 0.2) is 0 Å². The molecule has 0 spiro atoms. The molecule has 0 atom stereocenters. The van der Waals surface area contributed by atoms with Crippen molar-refractivity contribution in [3.63, 3.8) is 0 Å². The summed E-state index contributed by atoms with van der Waals surface area (Å²) in [7, 11) is 0. The van der Waals surface area contributed by atoms with E-state index in [1.165, 1.54) is 0 Å². The molecule has 0 aliphatic rings. The number of benzene rings is 3. The van der Waals surface area contributed by atoms with E-state index in [9.17, 15) is 9.90 Å². The third-order valence-corrected chi connectivity index (χ3v) is 3.70. The highest BCUT2D eigenvalue weighted by atomic mass is 16.3. The van der Waals surface area contributed by atoms with Crippen molar-refractivity contribution in [3.05, 3.63) is 72.3 Å². The molecule has 0 bridgehead atoms. The van der Waals surface area contributed by atoms with Gasteiger partial charge in [0.25, 0.3) is 0 Å². The van der Waals surface area contributed by atoms with E-state index in [1.807, 2.05) is 54.6 Å². The topological polar surface area (TPSA) is 40.5 Å². The standard InChI is InChI=1S/C19H17NO2/c1-14(21)20(13-15-6-3-2-4-7-15)19-9-5-8-16-10-11-17(22)12-18(16)19/h2-12,22H,13H2,1H3. The summed E-state index contributed by atoms with van der Waals surface area (Å²) in [6.45, 7) is 2.06.